The minimum absolute atomic E-state index is 0.461. The lowest BCUT2D eigenvalue weighted by Gasteiger charge is -1.95. The summed E-state index contributed by atoms with van der Waals surface area (Å²) < 4.78 is 12.6. The fraction of sp³-hybridized carbons (Fsp3) is 0.300. The highest BCUT2D eigenvalue weighted by Gasteiger charge is 1.96. The molecule has 0 amide bonds. The molecule has 1 heterocycles. The molecule has 1 N–H and O–H groups in total. The first-order chi connectivity index (χ1) is 6.24. The van der Waals surface area contributed by atoms with Crippen LogP contribution in [-0.2, 0) is 0 Å². The Morgan fingerprint density at radius 2 is 2.38 bits per heavy atom. The summed E-state index contributed by atoms with van der Waals surface area (Å²) in [6.45, 7) is 2.44. The van der Waals surface area contributed by atoms with E-state index in [0.29, 0.717) is 6.54 Å². The van der Waals surface area contributed by atoms with Gasteiger partial charge in [0.1, 0.15) is 0 Å². The Balaban J connectivity index is 2.85. The third-order valence-electron chi connectivity index (χ3n) is 1.57. The summed E-state index contributed by atoms with van der Waals surface area (Å²) in [6.07, 6.45) is 1.45. The van der Waals surface area contributed by atoms with Gasteiger partial charge in [-0.25, -0.2) is 4.98 Å². The highest BCUT2D eigenvalue weighted by molar-refractivity contribution is 5.38. The molecule has 0 aliphatic rings. The first-order valence-electron chi connectivity index (χ1n) is 3.99. The first kappa shape index (κ1) is 9.69. The van der Waals surface area contributed by atoms with Gasteiger partial charge >= 0.3 is 0 Å². The number of rotatable bonds is 1. The van der Waals surface area contributed by atoms with Gasteiger partial charge in [-0.15, -0.1) is 0 Å². The number of pyridine rings is 1. The smallest absolute Gasteiger partial charge is 0.213 e. The van der Waals surface area contributed by atoms with Gasteiger partial charge in [-0.2, -0.15) is 4.39 Å². The lowest BCUT2D eigenvalue weighted by Crippen LogP contribution is -2.04. The highest BCUT2D eigenvalue weighted by Crippen LogP contribution is 2.05. The molecule has 0 spiro atoms. The fourth-order valence-corrected chi connectivity index (χ4v) is 0.880. The molecule has 0 unspecified atom stereocenters. The maximum atomic E-state index is 12.6. The van der Waals surface area contributed by atoms with Crippen LogP contribution in [0.3, 0.4) is 0 Å². The summed E-state index contributed by atoms with van der Waals surface area (Å²) in [5.41, 5.74) is 1.59. The van der Waals surface area contributed by atoms with Gasteiger partial charge in [0, 0.05) is 11.8 Å². The molecule has 3 heteroatoms. The molecule has 0 radical (unpaired) electrons. The Morgan fingerprint density at radius 1 is 1.62 bits per heavy atom. The van der Waals surface area contributed by atoms with Crippen LogP contribution in [0.25, 0.3) is 0 Å². The maximum Gasteiger partial charge on any atom is 0.213 e. The van der Waals surface area contributed by atoms with Crippen molar-refractivity contribution >= 4 is 0 Å². The van der Waals surface area contributed by atoms with Crippen molar-refractivity contribution in [2.24, 2.45) is 0 Å². The molecular weight excluding hydrogens is 167 g/mol. The Morgan fingerprint density at radius 3 is 3.00 bits per heavy atom. The molecule has 0 atom stereocenters. The summed E-state index contributed by atoms with van der Waals surface area (Å²) in [6, 6.07) is 1.38. The predicted molar refractivity (Wildman–Crippen MR) is 49.7 cm³/mol. The van der Waals surface area contributed by atoms with Gasteiger partial charge in [0.05, 0.1) is 6.54 Å². The molecule has 0 saturated carbocycles. The normalized spacial score (nSPS) is 9.15. The van der Waals surface area contributed by atoms with Crippen molar-refractivity contribution in [3.63, 3.8) is 0 Å². The minimum Gasteiger partial charge on any atom is -0.309 e. The van der Waals surface area contributed by atoms with E-state index < -0.39 is 5.95 Å². The Kier molecular flexibility index (Phi) is 3.41. The summed E-state index contributed by atoms with van der Waals surface area (Å²) in [5.74, 6) is 5.33. The van der Waals surface area contributed by atoms with E-state index in [4.69, 9.17) is 0 Å². The molecule has 0 bridgehead atoms. The number of hydrogen-bond donors (Lipinski definition) is 1. The number of hydrogen-bond acceptors (Lipinski definition) is 2. The quantitative estimate of drug-likeness (QED) is 0.514. The molecule has 2 nitrogen and oxygen atoms in total. The zero-order valence-electron chi connectivity index (χ0n) is 7.69. The second-order valence-corrected chi connectivity index (χ2v) is 2.65. The summed E-state index contributed by atoms with van der Waals surface area (Å²) in [5, 5.41) is 2.90. The van der Waals surface area contributed by atoms with Crippen molar-refractivity contribution in [2.45, 2.75) is 6.92 Å². The van der Waals surface area contributed by atoms with E-state index >= 15 is 0 Å². The third kappa shape index (κ3) is 2.85. The average molecular weight is 178 g/mol. The zero-order valence-corrected chi connectivity index (χ0v) is 7.69. The lowest BCUT2D eigenvalue weighted by molar-refractivity contribution is 0.582. The Labute approximate surface area is 77.2 Å². The second kappa shape index (κ2) is 4.58. The summed E-state index contributed by atoms with van der Waals surface area (Å²) >= 11 is 0. The first-order valence-corrected chi connectivity index (χ1v) is 3.99. The van der Waals surface area contributed by atoms with E-state index in [-0.39, 0.29) is 0 Å². The number of nitrogens with one attached hydrogen (secondary N) is 1. The molecule has 1 aromatic rings. The SMILES string of the molecule is CNCC#Cc1cnc(F)cc1C. The van der Waals surface area contributed by atoms with Crippen LogP contribution in [0.5, 0.6) is 0 Å². The zero-order chi connectivity index (χ0) is 9.68. The Hall–Kier alpha value is -1.40. The van der Waals surface area contributed by atoms with Crippen molar-refractivity contribution in [2.75, 3.05) is 13.6 Å². The molecular formula is C10H11FN2. The third-order valence-corrected chi connectivity index (χ3v) is 1.57. The topological polar surface area (TPSA) is 24.9 Å². The van der Waals surface area contributed by atoms with Crippen LogP contribution in [0.15, 0.2) is 12.3 Å². The van der Waals surface area contributed by atoms with Gasteiger partial charge in [0.25, 0.3) is 0 Å². The molecule has 0 aliphatic heterocycles. The van der Waals surface area contributed by atoms with Crippen molar-refractivity contribution in [3.05, 3.63) is 29.3 Å². The molecule has 0 aromatic carbocycles. The molecule has 0 fully saturated rings. The van der Waals surface area contributed by atoms with E-state index in [0.717, 1.165) is 11.1 Å². The Bertz CT molecular complexity index is 350. The molecule has 0 aliphatic carbocycles. The van der Waals surface area contributed by atoms with Crippen molar-refractivity contribution in [1.82, 2.24) is 10.3 Å². The largest absolute Gasteiger partial charge is 0.309 e. The monoisotopic (exact) mass is 178 g/mol. The van der Waals surface area contributed by atoms with Gasteiger partial charge in [0.15, 0.2) is 0 Å². The van der Waals surface area contributed by atoms with Crippen LogP contribution in [0, 0.1) is 24.7 Å². The second-order valence-electron chi connectivity index (χ2n) is 2.65. The van der Waals surface area contributed by atoms with Gasteiger partial charge in [-0.1, -0.05) is 11.8 Å². The van der Waals surface area contributed by atoms with Crippen LogP contribution in [0.2, 0.25) is 0 Å². The number of aromatic nitrogens is 1. The minimum atomic E-state index is -0.461. The van der Waals surface area contributed by atoms with Gasteiger partial charge < -0.3 is 5.32 Å². The van der Waals surface area contributed by atoms with Gasteiger partial charge in [-0.05, 0) is 25.6 Å². The van der Waals surface area contributed by atoms with E-state index in [9.17, 15) is 4.39 Å². The highest BCUT2D eigenvalue weighted by atomic mass is 19.1. The molecule has 0 saturated heterocycles. The molecule has 68 valence electrons. The van der Waals surface area contributed by atoms with Crippen molar-refractivity contribution < 1.29 is 4.39 Å². The van der Waals surface area contributed by atoms with E-state index in [1.54, 1.807) is 0 Å². The maximum absolute atomic E-state index is 12.6. The molecule has 1 rings (SSSR count). The lowest BCUT2D eigenvalue weighted by atomic mass is 10.2. The van der Waals surface area contributed by atoms with Crippen LogP contribution in [0.4, 0.5) is 4.39 Å². The van der Waals surface area contributed by atoms with Crippen LogP contribution in [0.1, 0.15) is 11.1 Å². The van der Waals surface area contributed by atoms with Crippen LogP contribution >= 0.6 is 0 Å². The van der Waals surface area contributed by atoms with Crippen molar-refractivity contribution in [1.29, 1.82) is 0 Å². The standard InChI is InChI=1S/C10H11FN2/c1-8-6-10(11)13-7-9(8)4-3-5-12-2/h6-7,12H,5H2,1-2H3. The number of aryl methyl sites for hydroxylation is 1. The molecule has 1 aromatic heterocycles. The van der Waals surface area contributed by atoms with E-state index in [2.05, 4.69) is 22.1 Å². The number of halogens is 1. The van der Waals surface area contributed by atoms with Gasteiger partial charge in [-0.3, -0.25) is 0 Å². The molecule has 13 heavy (non-hydrogen) atoms. The van der Waals surface area contributed by atoms with Crippen LogP contribution in [-0.4, -0.2) is 18.6 Å². The summed E-state index contributed by atoms with van der Waals surface area (Å²) in [4.78, 5) is 3.53. The van der Waals surface area contributed by atoms with Gasteiger partial charge in [0.2, 0.25) is 5.95 Å². The van der Waals surface area contributed by atoms with E-state index in [1.165, 1.54) is 12.3 Å². The fourth-order valence-electron chi connectivity index (χ4n) is 0.880. The summed E-state index contributed by atoms with van der Waals surface area (Å²) in [7, 11) is 1.82. The average Bonchev–Trinajstić information content (AvgIpc) is 2.09. The number of nitrogens with zero attached hydrogens (tertiary/aromatic N) is 1. The van der Waals surface area contributed by atoms with Crippen molar-refractivity contribution in [3.8, 4) is 11.8 Å². The van der Waals surface area contributed by atoms with Crippen LogP contribution < -0.4 is 5.32 Å². The van der Waals surface area contributed by atoms with E-state index in [1.807, 2.05) is 14.0 Å². The predicted octanol–water partition coefficient (Wildman–Crippen LogP) is 1.10.